The van der Waals surface area contributed by atoms with E-state index in [2.05, 4.69) is 4.99 Å². The molecule has 0 saturated heterocycles. The molecule has 0 N–H and O–H groups in total. The molecular weight excluding hydrogens is 322 g/mol. The van der Waals surface area contributed by atoms with Crippen LogP contribution in [0.2, 0.25) is 0 Å². The van der Waals surface area contributed by atoms with Crippen molar-refractivity contribution in [2.45, 2.75) is 0 Å². The molecule has 126 valence electrons. The minimum atomic E-state index is -0.586. The van der Waals surface area contributed by atoms with Gasteiger partial charge in [0, 0.05) is 5.56 Å². The number of rotatable bonds is 4. The van der Waals surface area contributed by atoms with Gasteiger partial charge in [0.1, 0.15) is 11.3 Å². The first-order valence-corrected chi connectivity index (χ1v) is 7.47. The molecule has 1 heterocycles. The Hall–Kier alpha value is -3.41. The standard InChI is InChI=1S/C19H15NO5/c1-23-15-10-6-9-13(16(15)19(22)24-2)11-14-18(21)25-17(20-14)12-7-4-3-5-8-12/h3-11H,1-2H3. The Balaban J connectivity index is 2.05. The van der Waals surface area contributed by atoms with E-state index in [0.29, 0.717) is 16.9 Å². The normalized spacial score (nSPS) is 14.9. The zero-order valence-corrected chi connectivity index (χ0v) is 13.7. The number of ether oxygens (including phenoxy) is 3. The summed E-state index contributed by atoms with van der Waals surface area (Å²) in [7, 11) is 2.73. The quantitative estimate of drug-likeness (QED) is 0.633. The molecule has 0 amide bonds. The minimum absolute atomic E-state index is 0.0947. The van der Waals surface area contributed by atoms with Crippen LogP contribution in [0.4, 0.5) is 0 Å². The maximum atomic E-state index is 12.1. The number of hydrogen-bond donors (Lipinski definition) is 0. The summed E-state index contributed by atoms with van der Waals surface area (Å²) < 4.78 is 15.2. The number of aliphatic imine (C=N–C) groups is 1. The van der Waals surface area contributed by atoms with E-state index < -0.39 is 11.9 Å². The number of hydrogen-bond acceptors (Lipinski definition) is 6. The van der Waals surface area contributed by atoms with E-state index in [1.807, 2.05) is 18.2 Å². The van der Waals surface area contributed by atoms with Crippen LogP contribution in [0.15, 0.2) is 59.2 Å². The number of benzene rings is 2. The summed E-state index contributed by atoms with van der Waals surface area (Å²) in [5, 5.41) is 0. The molecule has 2 aromatic carbocycles. The Morgan fingerprint density at radius 3 is 2.52 bits per heavy atom. The molecule has 1 aliphatic rings. The number of carbonyl (C=O) groups is 2. The van der Waals surface area contributed by atoms with Crippen LogP contribution >= 0.6 is 0 Å². The van der Waals surface area contributed by atoms with Crippen LogP contribution in [0.5, 0.6) is 5.75 Å². The molecule has 0 aromatic heterocycles. The lowest BCUT2D eigenvalue weighted by Gasteiger charge is -2.09. The smallest absolute Gasteiger partial charge is 0.363 e. The Morgan fingerprint density at radius 2 is 1.84 bits per heavy atom. The predicted octanol–water partition coefficient (Wildman–Crippen LogP) is 2.83. The fraction of sp³-hybridized carbons (Fsp3) is 0.105. The average Bonchev–Trinajstić information content (AvgIpc) is 3.02. The van der Waals surface area contributed by atoms with Gasteiger partial charge in [-0.25, -0.2) is 14.6 Å². The largest absolute Gasteiger partial charge is 0.496 e. The monoisotopic (exact) mass is 337 g/mol. The summed E-state index contributed by atoms with van der Waals surface area (Å²) in [6, 6.07) is 14.1. The van der Waals surface area contributed by atoms with Crippen molar-refractivity contribution in [3.05, 3.63) is 70.9 Å². The molecule has 0 unspecified atom stereocenters. The topological polar surface area (TPSA) is 74.2 Å². The molecule has 0 fully saturated rings. The first kappa shape index (κ1) is 16.4. The van der Waals surface area contributed by atoms with E-state index in [1.165, 1.54) is 20.3 Å². The van der Waals surface area contributed by atoms with Gasteiger partial charge in [0.25, 0.3) is 0 Å². The highest BCUT2D eigenvalue weighted by Gasteiger charge is 2.25. The maximum Gasteiger partial charge on any atom is 0.363 e. The second kappa shape index (κ2) is 7.00. The Bertz CT molecular complexity index is 884. The fourth-order valence-electron chi connectivity index (χ4n) is 2.42. The van der Waals surface area contributed by atoms with E-state index in [0.717, 1.165) is 0 Å². The van der Waals surface area contributed by atoms with Gasteiger partial charge in [-0.05, 0) is 29.8 Å². The number of cyclic esters (lactones) is 1. The third kappa shape index (κ3) is 3.28. The van der Waals surface area contributed by atoms with Crippen LogP contribution in [-0.4, -0.2) is 32.1 Å². The van der Waals surface area contributed by atoms with Crippen LogP contribution < -0.4 is 4.74 Å². The van der Waals surface area contributed by atoms with Gasteiger partial charge < -0.3 is 14.2 Å². The van der Waals surface area contributed by atoms with E-state index >= 15 is 0 Å². The highest BCUT2D eigenvalue weighted by molar-refractivity contribution is 6.13. The summed E-state index contributed by atoms with van der Waals surface area (Å²) in [6.45, 7) is 0. The summed E-state index contributed by atoms with van der Waals surface area (Å²) in [6.07, 6.45) is 1.48. The second-order valence-electron chi connectivity index (χ2n) is 5.12. The lowest BCUT2D eigenvalue weighted by atomic mass is 10.1. The van der Waals surface area contributed by atoms with E-state index in [1.54, 1.807) is 30.3 Å². The van der Waals surface area contributed by atoms with Crippen LogP contribution in [0.1, 0.15) is 21.5 Å². The Morgan fingerprint density at radius 1 is 1.08 bits per heavy atom. The molecule has 0 atom stereocenters. The Kier molecular flexibility index (Phi) is 4.61. The SMILES string of the molecule is COC(=O)c1c(C=C2N=C(c3ccccc3)OC2=O)cccc1OC. The molecule has 0 radical (unpaired) electrons. The van der Waals surface area contributed by atoms with Crippen LogP contribution in [-0.2, 0) is 14.3 Å². The van der Waals surface area contributed by atoms with Crippen LogP contribution in [0.3, 0.4) is 0 Å². The number of methoxy groups -OCH3 is 2. The molecule has 0 bridgehead atoms. The van der Waals surface area contributed by atoms with Crippen molar-refractivity contribution >= 4 is 23.9 Å². The van der Waals surface area contributed by atoms with Crippen molar-refractivity contribution in [1.82, 2.24) is 0 Å². The van der Waals surface area contributed by atoms with Crippen molar-refractivity contribution in [3.63, 3.8) is 0 Å². The van der Waals surface area contributed by atoms with Gasteiger partial charge in [0.15, 0.2) is 5.70 Å². The van der Waals surface area contributed by atoms with Crippen molar-refractivity contribution in [2.75, 3.05) is 14.2 Å². The summed E-state index contributed by atoms with van der Waals surface area (Å²) >= 11 is 0. The molecule has 1 aliphatic heterocycles. The lowest BCUT2D eigenvalue weighted by molar-refractivity contribution is -0.129. The number of esters is 2. The van der Waals surface area contributed by atoms with E-state index in [4.69, 9.17) is 14.2 Å². The lowest BCUT2D eigenvalue weighted by Crippen LogP contribution is -2.07. The van der Waals surface area contributed by atoms with Gasteiger partial charge in [-0.3, -0.25) is 0 Å². The third-order valence-corrected chi connectivity index (χ3v) is 3.60. The average molecular weight is 337 g/mol. The zero-order chi connectivity index (χ0) is 17.8. The van der Waals surface area contributed by atoms with Gasteiger partial charge in [-0.15, -0.1) is 0 Å². The Labute approximate surface area is 144 Å². The first-order valence-electron chi connectivity index (χ1n) is 7.47. The molecule has 6 nitrogen and oxygen atoms in total. The second-order valence-corrected chi connectivity index (χ2v) is 5.12. The van der Waals surface area contributed by atoms with Crippen molar-refractivity contribution in [2.24, 2.45) is 4.99 Å². The van der Waals surface area contributed by atoms with E-state index in [-0.39, 0.29) is 17.2 Å². The molecule has 0 aliphatic carbocycles. The highest BCUT2D eigenvalue weighted by Crippen LogP contribution is 2.27. The van der Waals surface area contributed by atoms with Crippen molar-refractivity contribution < 1.29 is 23.8 Å². The van der Waals surface area contributed by atoms with Gasteiger partial charge in [-0.2, -0.15) is 0 Å². The van der Waals surface area contributed by atoms with Gasteiger partial charge in [0.2, 0.25) is 5.90 Å². The molecule has 3 rings (SSSR count). The van der Waals surface area contributed by atoms with Crippen LogP contribution in [0, 0.1) is 0 Å². The molecule has 25 heavy (non-hydrogen) atoms. The highest BCUT2D eigenvalue weighted by atomic mass is 16.6. The van der Waals surface area contributed by atoms with Gasteiger partial charge in [-0.1, -0.05) is 30.3 Å². The van der Waals surface area contributed by atoms with Crippen molar-refractivity contribution in [1.29, 1.82) is 0 Å². The molecule has 0 saturated carbocycles. The fourth-order valence-corrected chi connectivity index (χ4v) is 2.42. The number of carbonyl (C=O) groups excluding carboxylic acids is 2. The maximum absolute atomic E-state index is 12.1. The molecular formula is C19H15NO5. The molecule has 0 spiro atoms. The van der Waals surface area contributed by atoms with E-state index in [9.17, 15) is 9.59 Å². The zero-order valence-electron chi connectivity index (χ0n) is 13.7. The third-order valence-electron chi connectivity index (χ3n) is 3.60. The molecule has 2 aromatic rings. The van der Waals surface area contributed by atoms with Gasteiger partial charge >= 0.3 is 11.9 Å². The minimum Gasteiger partial charge on any atom is -0.496 e. The first-order chi connectivity index (χ1) is 12.1. The predicted molar refractivity (Wildman–Crippen MR) is 91.4 cm³/mol. The summed E-state index contributed by atoms with van der Waals surface area (Å²) in [5.41, 5.74) is 1.46. The summed E-state index contributed by atoms with van der Waals surface area (Å²) in [4.78, 5) is 28.4. The molecule has 6 heteroatoms. The van der Waals surface area contributed by atoms with Crippen LogP contribution in [0.25, 0.3) is 6.08 Å². The van der Waals surface area contributed by atoms with Crippen molar-refractivity contribution in [3.8, 4) is 5.75 Å². The van der Waals surface area contributed by atoms with Gasteiger partial charge in [0.05, 0.1) is 14.2 Å². The summed E-state index contributed by atoms with van der Waals surface area (Å²) in [5.74, 6) is -0.584. The number of nitrogens with zero attached hydrogens (tertiary/aromatic N) is 1.